The average molecular weight is 328 g/mol. The molecule has 23 heavy (non-hydrogen) atoms. The molecule has 0 aromatic heterocycles. The molecule has 0 saturated carbocycles. The van der Waals surface area contributed by atoms with Gasteiger partial charge in [-0.15, -0.1) is 0 Å². The van der Waals surface area contributed by atoms with Gasteiger partial charge in [-0.05, 0) is 62.8 Å². The van der Waals surface area contributed by atoms with Gasteiger partial charge in [0, 0.05) is 10.6 Å². The fourth-order valence-corrected chi connectivity index (χ4v) is 2.40. The van der Waals surface area contributed by atoms with Crippen LogP contribution in [-0.2, 0) is 6.42 Å². The maximum absolute atomic E-state index is 12.2. The number of aryl methyl sites for hydroxylation is 1. The Morgan fingerprint density at radius 1 is 1.04 bits per heavy atom. The second-order valence-electron chi connectivity index (χ2n) is 5.85. The number of hydrogen-bond donors (Lipinski definition) is 0. The highest BCUT2D eigenvalue weighted by molar-refractivity contribution is 6.30. The van der Waals surface area contributed by atoms with Crippen molar-refractivity contribution < 1.29 is 4.79 Å². The molecular formula is C20H22ClNO. The van der Waals surface area contributed by atoms with E-state index in [1.54, 1.807) is 6.08 Å². The van der Waals surface area contributed by atoms with Crippen molar-refractivity contribution in [2.45, 2.75) is 12.8 Å². The molecular weight excluding hydrogens is 306 g/mol. The van der Waals surface area contributed by atoms with Crippen LogP contribution in [0.4, 0.5) is 0 Å². The molecule has 0 amide bonds. The van der Waals surface area contributed by atoms with Crippen LogP contribution in [0.3, 0.4) is 0 Å². The summed E-state index contributed by atoms with van der Waals surface area (Å²) < 4.78 is 0. The van der Waals surface area contributed by atoms with Crippen molar-refractivity contribution in [1.29, 1.82) is 0 Å². The summed E-state index contributed by atoms with van der Waals surface area (Å²) in [5.74, 6) is 0.0137. The SMILES string of the molecule is CN(C)CCCc1ccc(C(=O)/C=C/c2ccc(Cl)cc2)cc1. The lowest BCUT2D eigenvalue weighted by Crippen LogP contribution is -2.13. The van der Waals surface area contributed by atoms with Crippen molar-refractivity contribution in [1.82, 2.24) is 4.90 Å². The lowest BCUT2D eigenvalue weighted by molar-refractivity contribution is 0.104. The van der Waals surface area contributed by atoms with E-state index in [2.05, 4.69) is 19.0 Å². The van der Waals surface area contributed by atoms with E-state index in [9.17, 15) is 4.79 Å². The lowest BCUT2D eigenvalue weighted by atomic mass is 10.0. The number of allylic oxidation sites excluding steroid dienone is 1. The maximum Gasteiger partial charge on any atom is 0.185 e. The Kier molecular flexibility index (Phi) is 6.57. The third-order valence-corrected chi connectivity index (χ3v) is 3.86. The Morgan fingerprint density at radius 3 is 2.30 bits per heavy atom. The van der Waals surface area contributed by atoms with Crippen LogP contribution in [0.5, 0.6) is 0 Å². The third kappa shape index (κ3) is 6.01. The van der Waals surface area contributed by atoms with Crippen LogP contribution >= 0.6 is 11.6 Å². The van der Waals surface area contributed by atoms with E-state index in [1.807, 2.05) is 54.6 Å². The number of carbonyl (C=O) groups excluding carboxylic acids is 1. The summed E-state index contributed by atoms with van der Waals surface area (Å²) in [5.41, 5.74) is 2.94. The van der Waals surface area contributed by atoms with Crippen LogP contribution < -0.4 is 0 Å². The normalized spacial score (nSPS) is 11.3. The minimum absolute atomic E-state index is 0.0137. The van der Waals surface area contributed by atoms with Gasteiger partial charge in [-0.1, -0.05) is 54.1 Å². The van der Waals surface area contributed by atoms with Gasteiger partial charge in [-0.2, -0.15) is 0 Å². The number of ketones is 1. The molecule has 0 aliphatic heterocycles. The van der Waals surface area contributed by atoms with Crippen LogP contribution in [0, 0.1) is 0 Å². The predicted octanol–water partition coefficient (Wildman–Crippen LogP) is 4.73. The average Bonchev–Trinajstić information content (AvgIpc) is 2.54. The van der Waals surface area contributed by atoms with Gasteiger partial charge in [0.15, 0.2) is 5.78 Å². The van der Waals surface area contributed by atoms with Gasteiger partial charge in [-0.3, -0.25) is 4.79 Å². The number of hydrogen-bond acceptors (Lipinski definition) is 2. The van der Waals surface area contributed by atoms with Gasteiger partial charge >= 0.3 is 0 Å². The summed E-state index contributed by atoms with van der Waals surface area (Å²) in [6.45, 7) is 1.07. The van der Waals surface area contributed by atoms with Crippen molar-refractivity contribution in [3.05, 3.63) is 76.3 Å². The zero-order valence-corrected chi connectivity index (χ0v) is 14.4. The van der Waals surface area contributed by atoms with Gasteiger partial charge < -0.3 is 4.90 Å². The Balaban J connectivity index is 1.93. The molecule has 120 valence electrons. The third-order valence-electron chi connectivity index (χ3n) is 3.61. The van der Waals surface area contributed by atoms with Crippen LogP contribution in [0.25, 0.3) is 6.08 Å². The molecule has 0 spiro atoms. The molecule has 0 heterocycles. The highest BCUT2D eigenvalue weighted by Crippen LogP contribution is 2.12. The van der Waals surface area contributed by atoms with Crippen LogP contribution in [0.2, 0.25) is 5.02 Å². The molecule has 0 bridgehead atoms. The minimum atomic E-state index is 0.0137. The van der Waals surface area contributed by atoms with Crippen molar-refractivity contribution in [2.75, 3.05) is 20.6 Å². The summed E-state index contributed by atoms with van der Waals surface area (Å²) in [7, 11) is 4.16. The van der Waals surface area contributed by atoms with E-state index in [-0.39, 0.29) is 5.78 Å². The molecule has 0 N–H and O–H groups in total. The molecule has 0 aliphatic rings. The van der Waals surface area contributed by atoms with E-state index in [0.29, 0.717) is 10.6 Å². The number of nitrogens with zero attached hydrogens (tertiary/aromatic N) is 1. The molecule has 2 nitrogen and oxygen atoms in total. The minimum Gasteiger partial charge on any atom is -0.309 e. The van der Waals surface area contributed by atoms with E-state index in [0.717, 1.165) is 24.9 Å². The van der Waals surface area contributed by atoms with E-state index >= 15 is 0 Å². The standard InChI is InChI=1S/C20H22ClNO/c1-22(2)15-3-4-16-5-10-18(11-6-16)20(23)14-9-17-7-12-19(21)13-8-17/h5-14H,3-4,15H2,1-2H3/b14-9+. The van der Waals surface area contributed by atoms with E-state index in [1.165, 1.54) is 5.56 Å². The topological polar surface area (TPSA) is 20.3 Å². The zero-order valence-electron chi connectivity index (χ0n) is 13.6. The van der Waals surface area contributed by atoms with Gasteiger partial charge in [0.25, 0.3) is 0 Å². The Labute approximate surface area is 143 Å². The molecule has 0 aliphatic carbocycles. The van der Waals surface area contributed by atoms with Gasteiger partial charge in [0.05, 0.1) is 0 Å². The molecule has 2 rings (SSSR count). The van der Waals surface area contributed by atoms with Gasteiger partial charge in [-0.25, -0.2) is 0 Å². The highest BCUT2D eigenvalue weighted by Gasteiger charge is 2.02. The fraction of sp³-hybridized carbons (Fsp3) is 0.250. The smallest absolute Gasteiger partial charge is 0.185 e. The molecule has 0 fully saturated rings. The monoisotopic (exact) mass is 327 g/mol. The molecule has 0 saturated heterocycles. The zero-order chi connectivity index (χ0) is 16.7. The predicted molar refractivity (Wildman–Crippen MR) is 98.1 cm³/mol. The quantitative estimate of drug-likeness (QED) is 0.541. The highest BCUT2D eigenvalue weighted by atomic mass is 35.5. The summed E-state index contributed by atoms with van der Waals surface area (Å²) in [4.78, 5) is 14.4. The first kappa shape index (κ1) is 17.5. The summed E-state index contributed by atoms with van der Waals surface area (Å²) in [6.07, 6.45) is 5.57. The van der Waals surface area contributed by atoms with Crippen molar-refractivity contribution in [3.8, 4) is 0 Å². The Hall–Kier alpha value is -1.90. The van der Waals surface area contributed by atoms with E-state index < -0.39 is 0 Å². The number of rotatable bonds is 7. The first-order valence-electron chi connectivity index (χ1n) is 7.76. The van der Waals surface area contributed by atoms with Crippen molar-refractivity contribution >= 4 is 23.5 Å². The molecule has 0 atom stereocenters. The molecule has 0 radical (unpaired) electrons. The molecule has 2 aromatic carbocycles. The Morgan fingerprint density at radius 2 is 1.70 bits per heavy atom. The van der Waals surface area contributed by atoms with Crippen LogP contribution in [0.15, 0.2) is 54.6 Å². The molecule has 0 unspecified atom stereocenters. The fourth-order valence-electron chi connectivity index (χ4n) is 2.28. The first-order chi connectivity index (χ1) is 11.0. The number of halogens is 1. The second kappa shape index (κ2) is 8.66. The molecule has 3 heteroatoms. The maximum atomic E-state index is 12.2. The summed E-state index contributed by atoms with van der Waals surface area (Å²) >= 11 is 5.84. The van der Waals surface area contributed by atoms with Gasteiger partial charge in [0.2, 0.25) is 0 Å². The van der Waals surface area contributed by atoms with Gasteiger partial charge in [0.1, 0.15) is 0 Å². The van der Waals surface area contributed by atoms with E-state index in [4.69, 9.17) is 11.6 Å². The largest absolute Gasteiger partial charge is 0.309 e. The first-order valence-corrected chi connectivity index (χ1v) is 8.14. The number of benzene rings is 2. The van der Waals surface area contributed by atoms with Crippen LogP contribution in [-0.4, -0.2) is 31.3 Å². The molecule has 2 aromatic rings. The van der Waals surface area contributed by atoms with Crippen molar-refractivity contribution in [3.63, 3.8) is 0 Å². The second-order valence-corrected chi connectivity index (χ2v) is 6.29. The van der Waals surface area contributed by atoms with Crippen LogP contribution in [0.1, 0.15) is 27.9 Å². The summed E-state index contributed by atoms with van der Waals surface area (Å²) in [6, 6.07) is 15.3. The Bertz CT molecular complexity index is 657. The number of carbonyl (C=O) groups is 1. The summed E-state index contributed by atoms with van der Waals surface area (Å²) in [5, 5.41) is 0.693. The lowest BCUT2D eigenvalue weighted by Gasteiger charge is -2.08. The van der Waals surface area contributed by atoms with Crippen molar-refractivity contribution in [2.24, 2.45) is 0 Å².